The molecule has 88 valence electrons. The Balaban J connectivity index is 3.36. The molecule has 0 saturated heterocycles. The van der Waals surface area contributed by atoms with Crippen molar-refractivity contribution >= 4 is 17.5 Å². The van der Waals surface area contributed by atoms with E-state index in [-0.39, 0.29) is 5.78 Å². The van der Waals surface area contributed by atoms with Crippen molar-refractivity contribution in [1.29, 1.82) is 0 Å². The second-order valence-corrected chi connectivity index (χ2v) is 4.77. The van der Waals surface area contributed by atoms with E-state index in [1.165, 1.54) is 11.8 Å². The number of methoxy groups -OCH3 is 1. The van der Waals surface area contributed by atoms with Gasteiger partial charge in [-0.05, 0) is 43.7 Å². The van der Waals surface area contributed by atoms with Gasteiger partial charge in [0.25, 0.3) is 0 Å². The Kier molecular flexibility index (Phi) is 4.42. The van der Waals surface area contributed by atoms with Crippen LogP contribution in [-0.4, -0.2) is 24.9 Å². The fourth-order valence-electron chi connectivity index (χ4n) is 1.86. The van der Waals surface area contributed by atoms with Gasteiger partial charge >= 0.3 is 0 Å². The average Bonchev–Trinajstić information content (AvgIpc) is 2.23. The molecule has 0 amide bonds. The first-order valence-corrected chi connectivity index (χ1v) is 6.59. The number of benzene rings is 1. The lowest BCUT2D eigenvalue weighted by atomic mass is 9.97. The number of ketones is 1. The standard InChI is InChI=1S/C13H18O2S/c1-8-6-9(2)12(11(14)7-16-5)13(15-4)10(8)3/h6H,7H2,1-5H3. The number of carbonyl (C=O) groups is 1. The van der Waals surface area contributed by atoms with Crippen LogP contribution in [0, 0.1) is 20.8 Å². The molecule has 0 aliphatic rings. The summed E-state index contributed by atoms with van der Waals surface area (Å²) in [5.74, 6) is 1.38. The third-order valence-electron chi connectivity index (χ3n) is 2.74. The van der Waals surface area contributed by atoms with Gasteiger partial charge in [-0.1, -0.05) is 6.07 Å². The molecule has 3 heteroatoms. The van der Waals surface area contributed by atoms with Gasteiger partial charge in [0, 0.05) is 0 Å². The molecule has 0 aliphatic heterocycles. The van der Waals surface area contributed by atoms with Gasteiger partial charge < -0.3 is 4.74 Å². The summed E-state index contributed by atoms with van der Waals surface area (Å²) in [7, 11) is 1.62. The first-order valence-electron chi connectivity index (χ1n) is 5.19. The van der Waals surface area contributed by atoms with Crippen LogP contribution < -0.4 is 4.74 Å². The molecular weight excluding hydrogens is 220 g/mol. The van der Waals surface area contributed by atoms with Crippen molar-refractivity contribution in [3.8, 4) is 5.75 Å². The fourth-order valence-corrected chi connectivity index (χ4v) is 2.26. The molecule has 1 rings (SSSR count). The lowest BCUT2D eigenvalue weighted by Gasteiger charge is -2.15. The van der Waals surface area contributed by atoms with E-state index in [1.54, 1.807) is 7.11 Å². The van der Waals surface area contributed by atoms with Gasteiger partial charge in [0.2, 0.25) is 0 Å². The van der Waals surface area contributed by atoms with Crippen LogP contribution in [0.3, 0.4) is 0 Å². The zero-order valence-electron chi connectivity index (χ0n) is 10.5. The third kappa shape index (κ3) is 2.40. The summed E-state index contributed by atoms with van der Waals surface area (Å²) in [5.41, 5.74) is 3.95. The van der Waals surface area contributed by atoms with Crippen LogP contribution in [0.5, 0.6) is 5.75 Å². The molecule has 0 N–H and O–H groups in total. The average molecular weight is 238 g/mol. The number of thioether (sulfide) groups is 1. The molecular formula is C13H18O2S. The molecule has 0 bridgehead atoms. The van der Waals surface area contributed by atoms with Crippen molar-refractivity contribution < 1.29 is 9.53 Å². The van der Waals surface area contributed by atoms with Crippen LogP contribution in [0.15, 0.2) is 6.07 Å². The van der Waals surface area contributed by atoms with E-state index in [2.05, 4.69) is 0 Å². The van der Waals surface area contributed by atoms with Gasteiger partial charge in [-0.15, -0.1) is 0 Å². The first kappa shape index (κ1) is 13.1. The molecule has 0 fully saturated rings. The lowest BCUT2D eigenvalue weighted by Crippen LogP contribution is -2.09. The zero-order valence-corrected chi connectivity index (χ0v) is 11.3. The van der Waals surface area contributed by atoms with Crippen molar-refractivity contribution in [2.45, 2.75) is 20.8 Å². The highest BCUT2D eigenvalue weighted by Crippen LogP contribution is 2.30. The Morgan fingerprint density at radius 2 is 1.94 bits per heavy atom. The number of rotatable bonds is 4. The minimum atomic E-state index is 0.143. The highest BCUT2D eigenvalue weighted by Gasteiger charge is 2.18. The second-order valence-electron chi connectivity index (χ2n) is 3.90. The van der Waals surface area contributed by atoms with Crippen molar-refractivity contribution in [1.82, 2.24) is 0 Å². The maximum absolute atomic E-state index is 12.0. The van der Waals surface area contributed by atoms with Gasteiger partial charge in [0.05, 0.1) is 18.4 Å². The SMILES string of the molecule is COc1c(C)c(C)cc(C)c1C(=O)CSC. The van der Waals surface area contributed by atoms with E-state index in [0.29, 0.717) is 5.75 Å². The summed E-state index contributed by atoms with van der Waals surface area (Å²) in [4.78, 5) is 12.0. The van der Waals surface area contributed by atoms with E-state index < -0.39 is 0 Å². The smallest absolute Gasteiger partial charge is 0.176 e. The summed E-state index contributed by atoms with van der Waals surface area (Å²) < 4.78 is 5.38. The number of hydrogen-bond donors (Lipinski definition) is 0. The topological polar surface area (TPSA) is 26.3 Å². The highest BCUT2D eigenvalue weighted by molar-refractivity contribution is 7.99. The van der Waals surface area contributed by atoms with Crippen molar-refractivity contribution in [2.75, 3.05) is 19.1 Å². The van der Waals surface area contributed by atoms with Crippen LogP contribution in [0.4, 0.5) is 0 Å². The Morgan fingerprint density at radius 3 is 2.44 bits per heavy atom. The van der Waals surface area contributed by atoms with E-state index in [9.17, 15) is 4.79 Å². The predicted octanol–water partition coefficient (Wildman–Crippen LogP) is 3.17. The Morgan fingerprint density at radius 1 is 1.31 bits per heavy atom. The number of Topliss-reactive ketones (excluding diaryl/α,β-unsaturated/α-hetero) is 1. The molecule has 0 aliphatic carbocycles. The minimum absolute atomic E-state index is 0.143. The maximum Gasteiger partial charge on any atom is 0.176 e. The fraction of sp³-hybridized carbons (Fsp3) is 0.462. The number of hydrogen-bond acceptors (Lipinski definition) is 3. The molecule has 0 unspecified atom stereocenters. The predicted molar refractivity (Wildman–Crippen MR) is 69.9 cm³/mol. The normalized spacial score (nSPS) is 10.3. The minimum Gasteiger partial charge on any atom is -0.496 e. The molecule has 0 spiro atoms. The quantitative estimate of drug-likeness (QED) is 0.754. The van der Waals surface area contributed by atoms with Crippen LogP contribution in [0.2, 0.25) is 0 Å². The molecule has 16 heavy (non-hydrogen) atoms. The van der Waals surface area contributed by atoms with Gasteiger partial charge in [-0.2, -0.15) is 11.8 Å². The van der Waals surface area contributed by atoms with Gasteiger partial charge in [0.15, 0.2) is 5.78 Å². The molecule has 0 saturated carbocycles. The molecule has 0 heterocycles. The van der Waals surface area contributed by atoms with E-state index in [1.807, 2.05) is 33.1 Å². The highest BCUT2D eigenvalue weighted by atomic mass is 32.2. The van der Waals surface area contributed by atoms with Crippen LogP contribution in [0.25, 0.3) is 0 Å². The summed E-state index contributed by atoms with van der Waals surface area (Å²) in [6.45, 7) is 5.99. The summed E-state index contributed by atoms with van der Waals surface area (Å²) in [6.07, 6.45) is 1.93. The molecule has 1 aromatic rings. The number of aryl methyl sites for hydroxylation is 2. The molecule has 2 nitrogen and oxygen atoms in total. The third-order valence-corrected chi connectivity index (χ3v) is 3.30. The molecule has 0 radical (unpaired) electrons. The summed E-state index contributed by atoms with van der Waals surface area (Å²) in [6, 6.07) is 2.05. The Labute approximate surface area is 101 Å². The summed E-state index contributed by atoms with van der Waals surface area (Å²) >= 11 is 1.54. The summed E-state index contributed by atoms with van der Waals surface area (Å²) in [5, 5.41) is 0. The van der Waals surface area contributed by atoms with Gasteiger partial charge in [-0.3, -0.25) is 4.79 Å². The van der Waals surface area contributed by atoms with Crippen molar-refractivity contribution in [3.63, 3.8) is 0 Å². The van der Waals surface area contributed by atoms with Gasteiger partial charge in [-0.25, -0.2) is 0 Å². The van der Waals surface area contributed by atoms with Crippen LogP contribution in [0.1, 0.15) is 27.0 Å². The largest absolute Gasteiger partial charge is 0.496 e. The maximum atomic E-state index is 12.0. The Bertz CT molecular complexity index is 411. The number of carbonyl (C=O) groups excluding carboxylic acids is 1. The molecule has 0 atom stereocenters. The monoisotopic (exact) mass is 238 g/mol. The van der Waals surface area contributed by atoms with Crippen molar-refractivity contribution in [2.24, 2.45) is 0 Å². The van der Waals surface area contributed by atoms with Crippen LogP contribution in [-0.2, 0) is 0 Å². The van der Waals surface area contributed by atoms with Gasteiger partial charge in [0.1, 0.15) is 5.75 Å². The van der Waals surface area contributed by atoms with E-state index >= 15 is 0 Å². The van der Waals surface area contributed by atoms with Crippen molar-refractivity contribution in [3.05, 3.63) is 28.3 Å². The number of ether oxygens (including phenoxy) is 1. The molecule has 0 aromatic heterocycles. The first-order chi connectivity index (χ1) is 7.52. The zero-order chi connectivity index (χ0) is 12.3. The van der Waals surface area contributed by atoms with E-state index in [4.69, 9.17) is 4.74 Å². The van der Waals surface area contributed by atoms with Crippen LogP contribution >= 0.6 is 11.8 Å². The second kappa shape index (κ2) is 5.39. The Hall–Kier alpha value is -0.960. The van der Waals surface area contributed by atoms with E-state index in [0.717, 1.165) is 28.0 Å². The molecule has 1 aromatic carbocycles. The lowest BCUT2D eigenvalue weighted by molar-refractivity contribution is 0.101.